The van der Waals surface area contributed by atoms with Crippen molar-refractivity contribution in [2.45, 2.75) is 0 Å². The zero-order chi connectivity index (χ0) is 38.1. The number of hydrogen-bond donors (Lipinski definition) is 0. The molecule has 0 aliphatic carbocycles. The number of fused-ring (bicyclic) bond motifs is 3. The van der Waals surface area contributed by atoms with Crippen molar-refractivity contribution >= 4 is 21.9 Å². The smallest absolute Gasteiger partial charge is 0.164 e. The van der Waals surface area contributed by atoms with Crippen LogP contribution in [-0.2, 0) is 0 Å². The summed E-state index contributed by atoms with van der Waals surface area (Å²) in [7, 11) is 0. The maximum absolute atomic E-state index is 9.26. The first-order valence-electron chi connectivity index (χ1n) is 18.8. The van der Waals surface area contributed by atoms with Gasteiger partial charge in [-0.2, -0.15) is 5.26 Å². The molecule has 0 saturated heterocycles. The SMILES string of the molecule is N#Cc1ccc(-c2ccc(-c3nc(-c4cccc(-c5ccc(-c6ccccc6)cc5)c4)nc(-c4ccc5c(c4)oc4cccc(-c6ccccc6)c45)n3)cc2)cc1. The Labute approximate surface area is 329 Å². The average molecular weight is 729 g/mol. The first kappa shape index (κ1) is 33.6. The molecule has 10 rings (SSSR count). The van der Waals surface area contributed by atoms with Crippen LogP contribution in [0.4, 0.5) is 0 Å². The van der Waals surface area contributed by atoms with Gasteiger partial charge in [0.25, 0.3) is 0 Å². The van der Waals surface area contributed by atoms with E-state index in [9.17, 15) is 5.26 Å². The third-order valence-corrected chi connectivity index (χ3v) is 10.4. The molecule has 0 bridgehead atoms. The van der Waals surface area contributed by atoms with Crippen LogP contribution in [0, 0.1) is 11.3 Å². The summed E-state index contributed by atoms with van der Waals surface area (Å²) < 4.78 is 6.49. The van der Waals surface area contributed by atoms with E-state index in [1.54, 1.807) is 0 Å². The highest BCUT2D eigenvalue weighted by Gasteiger charge is 2.17. The van der Waals surface area contributed by atoms with Crippen LogP contribution in [0.1, 0.15) is 5.56 Å². The van der Waals surface area contributed by atoms with Crippen molar-refractivity contribution in [3.8, 4) is 84.7 Å². The molecule has 5 heteroatoms. The van der Waals surface area contributed by atoms with Crippen LogP contribution < -0.4 is 0 Å². The minimum absolute atomic E-state index is 0.550. The monoisotopic (exact) mass is 728 g/mol. The summed E-state index contributed by atoms with van der Waals surface area (Å²) in [5.74, 6) is 1.69. The highest BCUT2D eigenvalue weighted by molar-refractivity contribution is 6.13. The molecule has 266 valence electrons. The van der Waals surface area contributed by atoms with Gasteiger partial charge < -0.3 is 4.42 Å². The molecule has 2 heterocycles. The lowest BCUT2D eigenvalue weighted by molar-refractivity contribution is 0.669. The van der Waals surface area contributed by atoms with Crippen molar-refractivity contribution in [2.75, 3.05) is 0 Å². The third kappa shape index (κ3) is 6.52. The van der Waals surface area contributed by atoms with E-state index < -0.39 is 0 Å². The van der Waals surface area contributed by atoms with Crippen molar-refractivity contribution in [3.63, 3.8) is 0 Å². The maximum atomic E-state index is 9.26. The van der Waals surface area contributed by atoms with E-state index in [0.29, 0.717) is 23.0 Å². The van der Waals surface area contributed by atoms with Gasteiger partial charge in [0.1, 0.15) is 11.2 Å². The van der Waals surface area contributed by atoms with Crippen molar-refractivity contribution in [2.24, 2.45) is 0 Å². The molecule has 8 aromatic carbocycles. The second kappa shape index (κ2) is 14.4. The summed E-state index contributed by atoms with van der Waals surface area (Å²) in [5.41, 5.74) is 13.7. The summed E-state index contributed by atoms with van der Waals surface area (Å²) in [6.07, 6.45) is 0. The van der Waals surface area contributed by atoms with Gasteiger partial charge in [-0.1, -0.05) is 158 Å². The minimum Gasteiger partial charge on any atom is -0.456 e. The average Bonchev–Trinajstić information content (AvgIpc) is 3.68. The number of furan rings is 1. The summed E-state index contributed by atoms with van der Waals surface area (Å²) >= 11 is 0. The Hall–Kier alpha value is -7.94. The van der Waals surface area contributed by atoms with Crippen LogP contribution in [0.5, 0.6) is 0 Å². The molecule has 0 radical (unpaired) electrons. The largest absolute Gasteiger partial charge is 0.456 e. The van der Waals surface area contributed by atoms with Gasteiger partial charge in [-0.25, -0.2) is 15.0 Å². The summed E-state index contributed by atoms with van der Waals surface area (Å²) in [5, 5.41) is 11.4. The zero-order valence-corrected chi connectivity index (χ0v) is 30.7. The molecule has 0 amide bonds. The molecule has 2 aromatic heterocycles. The number of nitrogens with zero attached hydrogens (tertiary/aromatic N) is 4. The molecule has 0 spiro atoms. The summed E-state index contributed by atoms with van der Waals surface area (Å²) in [4.78, 5) is 15.2. The second-order valence-electron chi connectivity index (χ2n) is 14.0. The van der Waals surface area contributed by atoms with E-state index in [-0.39, 0.29) is 0 Å². The van der Waals surface area contributed by atoms with Crippen molar-refractivity contribution in [1.82, 2.24) is 15.0 Å². The molecular weight excluding hydrogens is 697 g/mol. The Balaban J connectivity index is 1.07. The molecule has 57 heavy (non-hydrogen) atoms. The van der Waals surface area contributed by atoms with E-state index in [1.165, 1.54) is 11.1 Å². The van der Waals surface area contributed by atoms with Crippen molar-refractivity contribution in [1.29, 1.82) is 5.26 Å². The van der Waals surface area contributed by atoms with Gasteiger partial charge in [-0.3, -0.25) is 0 Å². The molecule has 0 N–H and O–H groups in total. The molecule has 0 aliphatic heterocycles. The van der Waals surface area contributed by atoms with E-state index in [1.807, 2.05) is 72.8 Å². The Kier molecular flexibility index (Phi) is 8.48. The molecule has 0 unspecified atom stereocenters. The zero-order valence-electron chi connectivity index (χ0n) is 30.7. The van der Waals surface area contributed by atoms with Gasteiger partial charge in [0.05, 0.1) is 11.6 Å². The Morgan fingerprint density at radius 1 is 0.351 bits per heavy atom. The van der Waals surface area contributed by atoms with E-state index in [4.69, 9.17) is 19.4 Å². The van der Waals surface area contributed by atoms with Crippen LogP contribution in [-0.4, -0.2) is 15.0 Å². The lowest BCUT2D eigenvalue weighted by Gasteiger charge is -2.11. The number of benzene rings is 8. The van der Waals surface area contributed by atoms with Crippen LogP contribution in [0.3, 0.4) is 0 Å². The predicted molar refractivity (Wildman–Crippen MR) is 230 cm³/mol. The molecular formula is C52H32N4O. The van der Waals surface area contributed by atoms with Crippen LogP contribution in [0.2, 0.25) is 0 Å². The molecule has 0 fully saturated rings. The molecule has 0 saturated carbocycles. The minimum atomic E-state index is 0.550. The number of nitriles is 1. The highest BCUT2D eigenvalue weighted by Crippen LogP contribution is 2.38. The lowest BCUT2D eigenvalue weighted by atomic mass is 9.99. The molecule has 0 atom stereocenters. The summed E-state index contributed by atoms with van der Waals surface area (Å²) in [6, 6.07) is 68.2. The van der Waals surface area contributed by atoms with Gasteiger partial charge in [0.15, 0.2) is 17.5 Å². The molecule has 10 aromatic rings. The standard InChI is InChI=1S/C52H32N4O/c53-33-34-17-19-36(20-18-34)38-25-27-41(28-26-38)50-54-51(43-14-7-13-42(31-43)39-23-21-37(22-24-39)35-9-3-1-4-10-35)56-52(55-50)44-29-30-46-48(32-44)57-47-16-8-15-45(49(46)47)40-11-5-2-6-12-40/h1-32H. The topological polar surface area (TPSA) is 75.6 Å². The Morgan fingerprint density at radius 3 is 1.44 bits per heavy atom. The van der Waals surface area contributed by atoms with E-state index in [0.717, 1.165) is 72.0 Å². The Bertz CT molecular complexity index is 3090. The number of hydrogen-bond acceptors (Lipinski definition) is 5. The fourth-order valence-corrected chi connectivity index (χ4v) is 7.46. The van der Waals surface area contributed by atoms with Gasteiger partial charge in [-0.15, -0.1) is 0 Å². The van der Waals surface area contributed by atoms with Crippen LogP contribution >= 0.6 is 0 Å². The maximum Gasteiger partial charge on any atom is 0.164 e. The van der Waals surface area contributed by atoms with E-state index in [2.05, 4.69) is 127 Å². The predicted octanol–water partition coefficient (Wildman–Crippen LogP) is 13.3. The van der Waals surface area contributed by atoms with Crippen molar-refractivity contribution < 1.29 is 4.42 Å². The molecule has 5 nitrogen and oxygen atoms in total. The third-order valence-electron chi connectivity index (χ3n) is 10.4. The number of aromatic nitrogens is 3. The first-order chi connectivity index (χ1) is 28.2. The fraction of sp³-hybridized carbons (Fsp3) is 0. The van der Waals surface area contributed by atoms with Crippen molar-refractivity contribution in [3.05, 3.63) is 200 Å². The molecule has 0 aliphatic rings. The number of rotatable bonds is 7. The van der Waals surface area contributed by atoms with E-state index >= 15 is 0 Å². The Morgan fingerprint density at radius 2 is 0.807 bits per heavy atom. The summed E-state index contributed by atoms with van der Waals surface area (Å²) in [6.45, 7) is 0. The van der Waals surface area contributed by atoms with Gasteiger partial charge >= 0.3 is 0 Å². The fourth-order valence-electron chi connectivity index (χ4n) is 7.46. The van der Waals surface area contributed by atoms with Gasteiger partial charge in [0, 0.05) is 27.5 Å². The second-order valence-corrected chi connectivity index (χ2v) is 14.0. The van der Waals surface area contributed by atoms with Crippen LogP contribution in [0.15, 0.2) is 199 Å². The highest BCUT2D eigenvalue weighted by atomic mass is 16.3. The normalized spacial score (nSPS) is 11.1. The lowest BCUT2D eigenvalue weighted by Crippen LogP contribution is -2.00. The quantitative estimate of drug-likeness (QED) is 0.163. The first-order valence-corrected chi connectivity index (χ1v) is 18.8. The van der Waals surface area contributed by atoms with Crippen LogP contribution in [0.25, 0.3) is 101 Å². The van der Waals surface area contributed by atoms with Gasteiger partial charge in [-0.05, 0) is 80.9 Å². The van der Waals surface area contributed by atoms with Gasteiger partial charge in [0.2, 0.25) is 0 Å².